The van der Waals surface area contributed by atoms with Crippen LogP contribution >= 0.6 is 0 Å². The SMILES string of the molecule is CCOC(=O)c1cnc(NCc2ccn[nH]2)nc1C. The van der Waals surface area contributed by atoms with E-state index in [0.29, 0.717) is 30.4 Å². The lowest BCUT2D eigenvalue weighted by Gasteiger charge is -2.07. The zero-order valence-electron chi connectivity index (χ0n) is 10.8. The third-order valence-electron chi connectivity index (χ3n) is 2.47. The largest absolute Gasteiger partial charge is 0.462 e. The van der Waals surface area contributed by atoms with E-state index in [2.05, 4.69) is 25.5 Å². The Labute approximate surface area is 110 Å². The van der Waals surface area contributed by atoms with Crippen molar-refractivity contribution in [3.05, 3.63) is 35.4 Å². The monoisotopic (exact) mass is 261 g/mol. The van der Waals surface area contributed by atoms with E-state index in [1.165, 1.54) is 6.20 Å². The third-order valence-corrected chi connectivity index (χ3v) is 2.47. The highest BCUT2D eigenvalue weighted by atomic mass is 16.5. The molecule has 2 aromatic heterocycles. The summed E-state index contributed by atoms with van der Waals surface area (Å²) in [5, 5.41) is 9.71. The summed E-state index contributed by atoms with van der Waals surface area (Å²) in [7, 11) is 0. The predicted octanol–water partition coefficient (Wildman–Crippen LogP) is 1.30. The van der Waals surface area contributed by atoms with Crippen LogP contribution in [0.1, 0.15) is 28.7 Å². The highest BCUT2D eigenvalue weighted by Crippen LogP contribution is 2.09. The van der Waals surface area contributed by atoms with Crippen molar-refractivity contribution < 1.29 is 9.53 Å². The molecule has 0 atom stereocenters. The number of aromatic nitrogens is 4. The standard InChI is InChI=1S/C12H15N5O2/c1-3-19-11(18)10-7-14-12(16-8(10)2)13-6-9-4-5-15-17-9/h4-5,7H,3,6H2,1-2H3,(H,15,17)(H,13,14,16). The topological polar surface area (TPSA) is 92.8 Å². The minimum Gasteiger partial charge on any atom is -0.462 e. The molecule has 2 heterocycles. The van der Waals surface area contributed by atoms with Crippen LogP contribution in [-0.4, -0.2) is 32.7 Å². The second kappa shape index (κ2) is 5.94. The van der Waals surface area contributed by atoms with E-state index in [9.17, 15) is 4.79 Å². The predicted molar refractivity (Wildman–Crippen MR) is 68.6 cm³/mol. The highest BCUT2D eigenvalue weighted by molar-refractivity contribution is 5.90. The van der Waals surface area contributed by atoms with Gasteiger partial charge in [-0.3, -0.25) is 5.10 Å². The lowest BCUT2D eigenvalue weighted by atomic mass is 10.2. The van der Waals surface area contributed by atoms with E-state index in [-0.39, 0.29) is 0 Å². The van der Waals surface area contributed by atoms with Crippen LogP contribution in [0.5, 0.6) is 0 Å². The Hall–Kier alpha value is -2.44. The van der Waals surface area contributed by atoms with E-state index < -0.39 is 5.97 Å². The van der Waals surface area contributed by atoms with Crippen LogP contribution in [0.25, 0.3) is 0 Å². The van der Waals surface area contributed by atoms with Crippen molar-refractivity contribution in [3.8, 4) is 0 Å². The van der Waals surface area contributed by atoms with Crippen molar-refractivity contribution in [2.24, 2.45) is 0 Å². The van der Waals surface area contributed by atoms with Gasteiger partial charge in [0.1, 0.15) is 0 Å². The maximum atomic E-state index is 11.6. The molecule has 0 spiro atoms. The Bertz CT molecular complexity index is 553. The molecule has 0 bridgehead atoms. The van der Waals surface area contributed by atoms with Gasteiger partial charge >= 0.3 is 5.97 Å². The Kier molecular flexibility index (Phi) is 4.07. The van der Waals surface area contributed by atoms with Gasteiger partial charge in [-0.05, 0) is 19.9 Å². The minimum atomic E-state index is -0.403. The van der Waals surface area contributed by atoms with Gasteiger partial charge in [0.2, 0.25) is 5.95 Å². The van der Waals surface area contributed by atoms with Gasteiger partial charge in [0.05, 0.1) is 30.1 Å². The molecule has 19 heavy (non-hydrogen) atoms. The normalized spacial score (nSPS) is 10.2. The Morgan fingerprint density at radius 1 is 1.53 bits per heavy atom. The molecule has 0 aliphatic heterocycles. The molecule has 100 valence electrons. The van der Waals surface area contributed by atoms with E-state index in [1.54, 1.807) is 20.0 Å². The molecular formula is C12H15N5O2. The van der Waals surface area contributed by atoms with Crippen molar-refractivity contribution in [3.63, 3.8) is 0 Å². The summed E-state index contributed by atoms with van der Waals surface area (Å²) in [5.74, 6) is 0.0558. The molecule has 0 aromatic carbocycles. The number of aromatic amines is 1. The highest BCUT2D eigenvalue weighted by Gasteiger charge is 2.12. The molecule has 2 rings (SSSR count). The van der Waals surface area contributed by atoms with Crippen LogP contribution in [-0.2, 0) is 11.3 Å². The average molecular weight is 261 g/mol. The summed E-state index contributed by atoms with van der Waals surface area (Å²) in [4.78, 5) is 19.9. The van der Waals surface area contributed by atoms with Gasteiger partial charge in [0.15, 0.2) is 0 Å². The lowest BCUT2D eigenvalue weighted by Crippen LogP contribution is -2.11. The Morgan fingerprint density at radius 2 is 2.37 bits per heavy atom. The molecule has 7 heteroatoms. The number of rotatable bonds is 5. The number of hydrogen-bond donors (Lipinski definition) is 2. The Morgan fingerprint density at radius 3 is 3.00 bits per heavy atom. The maximum Gasteiger partial charge on any atom is 0.341 e. The fourth-order valence-electron chi connectivity index (χ4n) is 1.52. The molecule has 0 radical (unpaired) electrons. The van der Waals surface area contributed by atoms with E-state index >= 15 is 0 Å². The third kappa shape index (κ3) is 3.27. The smallest absolute Gasteiger partial charge is 0.341 e. The van der Waals surface area contributed by atoms with Crippen molar-refractivity contribution >= 4 is 11.9 Å². The van der Waals surface area contributed by atoms with Gasteiger partial charge in [-0.15, -0.1) is 0 Å². The molecule has 0 amide bonds. The molecule has 2 N–H and O–H groups in total. The average Bonchev–Trinajstić information content (AvgIpc) is 2.89. The van der Waals surface area contributed by atoms with Crippen LogP contribution in [0.15, 0.2) is 18.5 Å². The summed E-state index contributed by atoms with van der Waals surface area (Å²) in [6.45, 7) is 4.38. The van der Waals surface area contributed by atoms with E-state index in [4.69, 9.17) is 4.74 Å². The Balaban J connectivity index is 2.04. The van der Waals surface area contributed by atoms with Gasteiger partial charge < -0.3 is 10.1 Å². The molecule has 0 saturated carbocycles. The molecule has 0 fully saturated rings. The number of esters is 1. The summed E-state index contributed by atoms with van der Waals surface area (Å²) >= 11 is 0. The van der Waals surface area contributed by atoms with Crippen molar-refractivity contribution in [2.45, 2.75) is 20.4 Å². The summed E-state index contributed by atoms with van der Waals surface area (Å²) in [5.41, 5.74) is 1.89. The number of nitrogens with zero attached hydrogens (tertiary/aromatic N) is 3. The van der Waals surface area contributed by atoms with Gasteiger partial charge in [-0.2, -0.15) is 5.10 Å². The molecule has 0 aliphatic rings. The van der Waals surface area contributed by atoms with Crippen LogP contribution in [0.3, 0.4) is 0 Å². The number of hydrogen-bond acceptors (Lipinski definition) is 6. The molecule has 7 nitrogen and oxygen atoms in total. The quantitative estimate of drug-likeness (QED) is 0.788. The number of anilines is 1. The number of carbonyl (C=O) groups is 1. The number of carbonyl (C=O) groups excluding carboxylic acids is 1. The molecule has 2 aromatic rings. The van der Waals surface area contributed by atoms with Gasteiger partial charge in [-0.1, -0.05) is 0 Å². The first-order valence-electron chi connectivity index (χ1n) is 5.93. The maximum absolute atomic E-state index is 11.6. The van der Waals surface area contributed by atoms with Crippen molar-refractivity contribution in [1.82, 2.24) is 20.2 Å². The first-order valence-corrected chi connectivity index (χ1v) is 5.93. The second-order valence-electron chi connectivity index (χ2n) is 3.85. The number of ether oxygens (including phenoxy) is 1. The number of nitrogens with one attached hydrogen (secondary N) is 2. The fraction of sp³-hybridized carbons (Fsp3) is 0.333. The fourth-order valence-corrected chi connectivity index (χ4v) is 1.52. The summed E-state index contributed by atoms with van der Waals surface area (Å²) in [6.07, 6.45) is 3.14. The molecule has 0 aliphatic carbocycles. The van der Waals surface area contributed by atoms with E-state index in [1.807, 2.05) is 6.07 Å². The molecule has 0 saturated heterocycles. The molecule has 0 unspecified atom stereocenters. The van der Waals surface area contributed by atoms with Crippen LogP contribution < -0.4 is 5.32 Å². The zero-order chi connectivity index (χ0) is 13.7. The first kappa shape index (κ1) is 13.0. The van der Waals surface area contributed by atoms with Crippen LogP contribution in [0.4, 0.5) is 5.95 Å². The number of H-pyrrole nitrogens is 1. The minimum absolute atomic E-state index is 0.331. The second-order valence-corrected chi connectivity index (χ2v) is 3.85. The van der Waals surface area contributed by atoms with Crippen molar-refractivity contribution in [2.75, 3.05) is 11.9 Å². The first-order chi connectivity index (χ1) is 9.20. The van der Waals surface area contributed by atoms with Crippen molar-refractivity contribution in [1.29, 1.82) is 0 Å². The summed E-state index contributed by atoms with van der Waals surface area (Å²) < 4.78 is 4.91. The van der Waals surface area contributed by atoms with Gasteiger partial charge in [0.25, 0.3) is 0 Å². The van der Waals surface area contributed by atoms with Crippen LogP contribution in [0.2, 0.25) is 0 Å². The van der Waals surface area contributed by atoms with Gasteiger partial charge in [-0.25, -0.2) is 14.8 Å². The lowest BCUT2D eigenvalue weighted by molar-refractivity contribution is 0.0524. The zero-order valence-corrected chi connectivity index (χ0v) is 10.8. The summed E-state index contributed by atoms with van der Waals surface area (Å²) in [6, 6.07) is 1.85. The van der Waals surface area contributed by atoms with Crippen LogP contribution in [0, 0.1) is 6.92 Å². The molecular weight excluding hydrogens is 246 g/mol. The van der Waals surface area contributed by atoms with E-state index in [0.717, 1.165) is 5.69 Å². The van der Waals surface area contributed by atoms with Gasteiger partial charge in [0, 0.05) is 12.4 Å². The number of aryl methyl sites for hydroxylation is 1.